The first-order valence-corrected chi connectivity index (χ1v) is 9.49. The Morgan fingerprint density at radius 1 is 1.27 bits per heavy atom. The Morgan fingerprint density at radius 2 is 2.09 bits per heavy atom. The van der Waals surface area contributed by atoms with Crippen molar-refractivity contribution in [3.63, 3.8) is 0 Å². The zero-order valence-electron chi connectivity index (χ0n) is 12.2. The first-order valence-electron chi connectivity index (χ1n) is 7.50. The van der Waals surface area contributed by atoms with E-state index in [1.54, 1.807) is 4.90 Å². The summed E-state index contributed by atoms with van der Waals surface area (Å²) in [6.07, 6.45) is 2.42. The van der Waals surface area contributed by atoms with Crippen LogP contribution in [0.1, 0.15) is 30.9 Å². The van der Waals surface area contributed by atoms with Gasteiger partial charge in [-0.15, -0.1) is 0 Å². The van der Waals surface area contributed by atoms with Gasteiger partial charge < -0.3 is 4.90 Å². The fraction of sp³-hybridized carbons (Fsp3) is 0.533. The van der Waals surface area contributed by atoms with Gasteiger partial charge in [-0.1, -0.05) is 23.7 Å². The second-order valence-corrected chi connectivity index (χ2v) is 8.33. The van der Waals surface area contributed by atoms with E-state index in [1.165, 1.54) is 4.31 Å². The van der Waals surface area contributed by atoms with Crippen LogP contribution in [0.2, 0.25) is 5.02 Å². The highest BCUT2D eigenvalue weighted by molar-refractivity contribution is 7.89. The van der Waals surface area contributed by atoms with Crippen molar-refractivity contribution in [2.45, 2.75) is 25.3 Å². The van der Waals surface area contributed by atoms with Crippen molar-refractivity contribution in [1.29, 1.82) is 0 Å². The fourth-order valence-corrected chi connectivity index (χ4v) is 4.90. The molecule has 22 heavy (non-hydrogen) atoms. The monoisotopic (exact) mass is 342 g/mol. The summed E-state index contributed by atoms with van der Waals surface area (Å²) in [6, 6.07) is 7.53. The zero-order valence-corrected chi connectivity index (χ0v) is 13.8. The topological polar surface area (TPSA) is 57.7 Å². The summed E-state index contributed by atoms with van der Waals surface area (Å²) in [5, 5.41) is 0.652. The van der Waals surface area contributed by atoms with E-state index in [0.29, 0.717) is 24.5 Å². The average Bonchev–Trinajstić information content (AvgIpc) is 3.06. The summed E-state index contributed by atoms with van der Waals surface area (Å²) < 4.78 is 25.0. The maximum absolute atomic E-state index is 12.5. The molecular formula is C15H19ClN2O3S. The quantitative estimate of drug-likeness (QED) is 0.844. The standard InChI is InChI=1S/C15H19ClN2O3S/c16-13-5-1-4-12(10-13)14-6-2-8-18(14)15(19)11-17-7-3-9-22(17,20)21/h1,4-5,10,14H,2-3,6-9,11H2/t14-/m1/s1. The predicted octanol–water partition coefficient (Wildman–Crippen LogP) is 2.04. The largest absolute Gasteiger partial charge is 0.335 e. The first kappa shape index (κ1) is 15.8. The van der Waals surface area contributed by atoms with Gasteiger partial charge in [0.15, 0.2) is 0 Å². The van der Waals surface area contributed by atoms with Crippen LogP contribution in [0.15, 0.2) is 24.3 Å². The van der Waals surface area contributed by atoms with Crippen LogP contribution >= 0.6 is 11.6 Å². The van der Waals surface area contributed by atoms with Crippen LogP contribution in [0.4, 0.5) is 0 Å². The molecule has 0 N–H and O–H groups in total. The number of nitrogens with zero attached hydrogens (tertiary/aromatic N) is 2. The van der Waals surface area contributed by atoms with Crippen molar-refractivity contribution in [3.05, 3.63) is 34.9 Å². The maximum Gasteiger partial charge on any atom is 0.238 e. The lowest BCUT2D eigenvalue weighted by molar-refractivity contribution is -0.132. The number of carbonyl (C=O) groups is 1. The van der Waals surface area contributed by atoms with E-state index in [0.717, 1.165) is 18.4 Å². The van der Waals surface area contributed by atoms with E-state index in [1.807, 2.05) is 24.3 Å². The molecule has 3 rings (SSSR count). The van der Waals surface area contributed by atoms with Gasteiger partial charge in [0.2, 0.25) is 15.9 Å². The van der Waals surface area contributed by atoms with Crippen molar-refractivity contribution in [3.8, 4) is 0 Å². The van der Waals surface area contributed by atoms with Gasteiger partial charge in [0.05, 0.1) is 18.3 Å². The van der Waals surface area contributed by atoms with Crippen LogP contribution in [-0.4, -0.2) is 48.9 Å². The number of likely N-dealkylation sites (tertiary alicyclic amines) is 1. The van der Waals surface area contributed by atoms with Crippen LogP contribution in [0, 0.1) is 0 Å². The zero-order chi connectivity index (χ0) is 15.7. The molecule has 0 aliphatic carbocycles. The number of amides is 1. The van der Waals surface area contributed by atoms with Gasteiger partial charge in [0.1, 0.15) is 0 Å². The average molecular weight is 343 g/mol. The molecule has 0 spiro atoms. The summed E-state index contributed by atoms with van der Waals surface area (Å²) in [4.78, 5) is 14.3. The van der Waals surface area contributed by atoms with Crippen molar-refractivity contribution in [2.24, 2.45) is 0 Å². The number of benzene rings is 1. The maximum atomic E-state index is 12.5. The van der Waals surface area contributed by atoms with Crippen molar-refractivity contribution >= 4 is 27.5 Å². The number of hydrogen-bond acceptors (Lipinski definition) is 3. The minimum atomic E-state index is -3.24. The SMILES string of the molecule is O=C(CN1CCCS1(=O)=O)N1CCC[C@@H]1c1cccc(Cl)c1. The highest BCUT2D eigenvalue weighted by Crippen LogP contribution is 2.33. The van der Waals surface area contributed by atoms with Gasteiger partial charge in [-0.05, 0) is 37.0 Å². The van der Waals surface area contributed by atoms with Crippen LogP contribution in [-0.2, 0) is 14.8 Å². The Hall–Kier alpha value is -1.11. The lowest BCUT2D eigenvalue weighted by atomic mass is 10.0. The van der Waals surface area contributed by atoms with Gasteiger partial charge in [0, 0.05) is 18.1 Å². The minimum absolute atomic E-state index is 0.00323. The molecular weight excluding hydrogens is 324 g/mol. The van der Waals surface area contributed by atoms with Gasteiger partial charge in [-0.3, -0.25) is 4.79 Å². The van der Waals surface area contributed by atoms with Crippen LogP contribution in [0.5, 0.6) is 0 Å². The van der Waals surface area contributed by atoms with Crippen molar-refractivity contribution < 1.29 is 13.2 Å². The molecule has 0 saturated carbocycles. The molecule has 120 valence electrons. The summed E-state index contributed by atoms with van der Waals surface area (Å²) in [7, 11) is -3.24. The Labute approximate surface area is 135 Å². The van der Waals surface area contributed by atoms with Gasteiger partial charge in [-0.2, -0.15) is 4.31 Å². The molecule has 2 aliphatic heterocycles. The third kappa shape index (κ3) is 3.14. The normalized spacial score (nSPS) is 24.8. The molecule has 5 nitrogen and oxygen atoms in total. The van der Waals surface area contributed by atoms with E-state index < -0.39 is 10.0 Å². The van der Waals surface area contributed by atoms with Crippen LogP contribution < -0.4 is 0 Å². The molecule has 0 aromatic heterocycles. The van der Waals surface area contributed by atoms with E-state index in [4.69, 9.17) is 11.6 Å². The summed E-state index contributed by atoms with van der Waals surface area (Å²) in [5.74, 6) is 0.0332. The Kier molecular flexibility index (Phi) is 4.43. The van der Waals surface area contributed by atoms with Crippen LogP contribution in [0.3, 0.4) is 0 Å². The van der Waals surface area contributed by atoms with Crippen molar-refractivity contribution in [2.75, 3.05) is 25.4 Å². The summed E-state index contributed by atoms with van der Waals surface area (Å²) in [5.41, 5.74) is 1.02. The van der Waals surface area contributed by atoms with Crippen LogP contribution in [0.25, 0.3) is 0 Å². The second kappa shape index (κ2) is 6.18. The smallest absolute Gasteiger partial charge is 0.238 e. The number of halogens is 1. The second-order valence-electron chi connectivity index (χ2n) is 5.80. The molecule has 2 fully saturated rings. The molecule has 1 atom stereocenters. The number of hydrogen-bond donors (Lipinski definition) is 0. The summed E-state index contributed by atoms with van der Waals surface area (Å²) in [6.45, 7) is 1.08. The molecule has 1 aromatic rings. The highest BCUT2D eigenvalue weighted by Gasteiger charge is 2.35. The third-order valence-electron chi connectivity index (χ3n) is 4.32. The molecule has 7 heteroatoms. The number of sulfonamides is 1. The molecule has 1 aromatic carbocycles. The number of rotatable bonds is 3. The predicted molar refractivity (Wildman–Crippen MR) is 85.1 cm³/mol. The molecule has 2 saturated heterocycles. The highest BCUT2D eigenvalue weighted by atomic mass is 35.5. The van der Waals surface area contributed by atoms with Gasteiger partial charge in [-0.25, -0.2) is 8.42 Å². The number of carbonyl (C=O) groups excluding carboxylic acids is 1. The molecule has 0 radical (unpaired) electrons. The lowest BCUT2D eigenvalue weighted by Gasteiger charge is -2.27. The summed E-state index contributed by atoms with van der Waals surface area (Å²) >= 11 is 6.03. The van der Waals surface area contributed by atoms with Gasteiger partial charge >= 0.3 is 0 Å². The molecule has 1 amide bonds. The minimum Gasteiger partial charge on any atom is -0.335 e. The lowest BCUT2D eigenvalue weighted by Crippen LogP contribution is -2.40. The van der Waals surface area contributed by atoms with E-state index in [2.05, 4.69) is 0 Å². The first-order chi connectivity index (χ1) is 10.5. The van der Waals surface area contributed by atoms with Crippen molar-refractivity contribution in [1.82, 2.24) is 9.21 Å². The van der Waals surface area contributed by atoms with Gasteiger partial charge in [0.25, 0.3) is 0 Å². The van der Waals surface area contributed by atoms with E-state index in [-0.39, 0.29) is 24.2 Å². The Balaban J connectivity index is 1.74. The van der Waals surface area contributed by atoms with E-state index in [9.17, 15) is 13.2 Å². The molecule has 0 bridgehead atoms. The fourth-order valence-electron chi connectivity index (χ4n) is 3.24. The molecule has 0 unspecified atom stereocenters. The molecule has 2 aliphatic rings. The Morgan fingerprint density at radius 3 is 2.77 bits per heavy atom. The third-order valence-corrected chi connectivity index (χ3v) is 6.46. The van der Waals surface area contributed by atoms with E-state index >= 15 is 0 Å². The Bertz CT molecular complexity index is 677. The molecule has 2 heterocycles.